The second-order valence-electron chi connectivity index (χ2n) is 8.32. The third-order valence-corrected chi connectivity index (χ3v) is 6.86. The maximum atomic E-state index is 6.12. The minimum absolute atomic E-state index is 0.529. The fourth-order valence-electron chi connectivity index (χ4n) is 4.31. The van der Waals surface area contributed by atoms with Gasteiger partial charge in [-0.1, -0.05) is 24.3 Å². The van der Waals surface area contributed by atoms with Gasteiger partial charge in [-0.3, -0.25) is 0 Å². The number of hydrogen-bond acceptors (Lipinski definition) is 9. The zero-order chi connectivity index (χ0) is 23.7. The van der Waals surface area contributed by atoms with Gasteiger partial charge in [0.15, 0.2) is 5.13 Å². The number of pyridine rings is 1. The summed E-state index contributed by atoms with van der Waals surface area (Å²) in [6.07, 6.45) is 3.44. The summed E-state index contributed by atoms with van der Waals surface area (Å²) < 4.78 is 11.5. The summed E-state index contributed by atoms with van der Waals surface area (Å²) in [6, 6.07) is 8.33. The molecule has 0 unspecified atom stereocenters. The quantitative estimate of drug-likeness (QED) is 0.442. The van der Waals surface area contributed by atoms with Crippen LogP contribution in [0, 0.1) is 6.92 Å². The first kappa shape index (κ1) is 22.5. The molecule has 4 aromatic rings. The molecule has 0 saturated heterocycles. The number of fused-ring (bicyclic) bond motifs is 2. The molecule has 9 heteroatoms. The smallest absolute Gasteiger partial charge is 0.182 e. The van der Waals surface area contributed by atoms with E-state index < -0.39 is 0 Å². The number of nitrogens with zero attached hydrogens (tertiary/aromatic N) is 5. The topological polar surface area (TPSA) is 99.3 Å². The van der Waals surface area contributed by atoms with Gasteiger partial charge < -0.3 is 20.1 Å². The summed E-state index contributed by atoms with van der Waals surface area (Å²) >= 11 is 1.40. The number of aryl methyl sites for hydroxylation is 2. The van der Waals surface area contributed by atoms with Crippen molar-refractivity contribution >= 4 is 32.6 Å². The number of nitrogens with two attached hydrogens (primary N) is 1. The summed E-state index contributed by atoms with van der Waals surface area (Å²) in [5.41, 5.74) is 12.0. The second-order valence-corrected chi connectivity index (χ2v) is 9.33. The van der Waals surface area contributed by atoms with Gasteiger partial charge in [0.25, 0.3) is 0 Å². The molecule has 5 rings (SSSR count). The summed E-state index contributed by atoms with van der Waals surface area (Å²) in [5, 5.41) is 0.529. The number of anilines is 2. The van der Waals surface area contributed by atoms with Gasteiger partial charge in [0, 0.05) is 55.1 Å². The molecule has 0 spiro atoms. The van der Waals surface area contributed by atoms with E-state index in [0.717, 1.165) is 75.1 Å². The Labute approximate surface area is 202 Å². The largest absolute Gasteiger partial charge is 0.491 e. The maximum absolute atomic E-state index is 6.12. The Kier molecular flexibility index (Phi) is 6.30. The van der Waals surface area contributed by atoms with E-state index in [1.54, 1.807) is 7.11 Å². The molecule has 1 aliphatic heterocycles. The number of rotatable bonds is 6. The Morgan fingerprint density at radius 2 is 2.06 bits per heavy atom. The van der Waals surface area contributed by atoms with Crippen LogP contribution in [-0.2, 0) is 24.1 Å². The number of methoxy groups -OCH3 is 1. The first-order valence-corrected chi connectivity index (χ1v) is 12.3. The van der Waals surface area contributed by atoms with Gasteiger partial charge >= 0.3 is 0 Å². The predicted octanol–water partition coefficient (Wildman–Crippen LogP) is 4.19. The van der Waals surface area contributed by atoms with Gasteiger partial charge in [0.05, 0.1) is 13.2 Å². The lowest BCUT2D eigenvalue weighted by Gasteiger charge is -2.25. The van der Waals surface area contributed by atoms with Crippen LogP contribution in [-0.4, -0.2) is 46.8 Å². The summed E-state index contributed by atoms with van der Waals surface area (Å²) in [6.45, 7) is 6.80. The Balaban J connectivity index is 1.51. The standard InChI is InChI=1S/C25H28N6O2S/c1-4-22-28-15(2)19(7-9-32-3)23(30-22)31-8-10-33-21-6-5-16(11-18(21)14-31)17-12-20-24(27-13-17)34-25(26)29-20/h5-6,11-13H,4,7-10,14H2,1-3H3,(H2,26,29). The number of hydrogen-bond donors (Lipinski definition) is 1. The molecular weight excluding hydrogens is 448 g/mol. The maximum Gasteiger partial charge on any atom is 0.182 e. The third-order valence-electron chi connectivity index (χ3n) is 6.05. The predicted molar refractivity (Wildman–Crippen MR) is 136 cm³/mol. The normalized spacial score (nSPS) is 13.6. The molecule has 0 bridgehead atoms. The van der Waals surface area contributed by atoms with Crippen LogP contribution in [0.1, 0.15) is 29.6 Å². The fourth-order valence-corrected chi connectivity index (χ4v) is 4.96. The van der Waals surface area contributed by atoms with Crippen LogP contribution in [0.15, 0.2) is 30.5 Å². The molecule has 1 aliphatic rings. The molecule has 0 aliphatic carbocycles. The lowest BCUT2D eigenvalue weighted by atomic mass is 10.0. The molecule has 0 radical (unpaired) electrons. The molecule has 8 nitrogen and oxygen atoms in total. The molecule has 2 N–H and O–H groups in total. The minimum atomic E-state index is 0.529. The fraction of sp³-hybridized carbons (Fsp3) is 0.360. The van der Waals surface area contributed by atoms with Crippen molar-refractivity contribution in [2.24, 2.45) is 0 Å². The molecule has 34 heavy (non-hydrogen) atoms. The van der Waals surface area contributed by atoms with Crippen molar-refractivity contribution in [1.29, 1.82) is 0 Å². The highest BCUT2D eigenvalue weighted by atomic mass is 32.1. The van der Waals surface area contributed by atoms with Crippen molar-refractivity contribution in [3.63, 3.8) is 0 Å². The van der Waals surface area contributed by atoms with E-state index in [-0.39, 0.29) is 0 Å². The molecule has 3 aromatic heterocycles. The van der Waals surface area contributed by atoms with Crippen LogP contribution in [0.4, 0.5) is 10.9 Å². The van der Waals surface area contributed by atoms with Crippen LogP contribution >= 0.6 is 11.3 Å². The van der Waals surface area contributed by atoms with Crippen LogP contribution < -0.4 is 15.4 Å². The van der Waals surface area contributed by atoms with Gasteiger partial charge in [-0.15, -0.1) is 0 Å². The molecule has 0 saturated carbocycles. The monoisotopic (exact) mass is 476 g/mol. The number of ether oxygens (including phenoxy) is 2. The van der Waals surface area contributed by atoms with Crippen LogP contribution in [0.2, 0.25) is 0 Å². The summed E-state index contributed by atoms with van der Waals surface area (Å²) in [4.78, 5) is 21.7. The molecule has 4 heterocycles. The molecule has 176 valence electrons. The molecule has 0 fully saturated rings. The first-order chi connectivity index (χ1) is 16.6. The van der Waals surface area contributed by atoms with Crippen molar-refractivity contribution in [2.45, 2.75) is 33.2 Å². The van der Waals surface area contributed by atoms with Crippen LogP contribution in [0.3, 0.4) is 0 Å². The summed E-state index contributed by atoms with van der Waals surface area (Å²) in [7, 11) is 1.72. The van der Waals surface area contributed by atoms with Gasteiger partial charge in [-0.2, -0.15) is 0 Å². The van der Waals surface area contributed by atoms with Gasteiger partial charge in [0.1, 0.15) is 34.3 Å². The minimum Gasteiger partial charge on any atom is -0.491 e. The Bertz CT molecular complexity index is 1340. The molecule has 1 aromatic carbocycles. The summed E-state index contributed by atoms with van der Waals surface area (Å²) in [5.74, 6) is 2.73. The number of thiazole rings is 1. The van der Waals surface area contributed by atoms with Gasteiger partial charge in [-0.05, 0) is 30.7 Å². The zero-order valence-corrected chi connectivity index (χ0v) is 20.5. The molecule has 0 atom stereocenters. The Morgan fingerprint density at radius 1 is 1.18 bits per heavy atom. The van der Waals surface area contributed by atoms with Gasteiger partial charge in [-0.25, -0.2) is 19.9 Å². The number of benzene rings is 1. The van der Waals surface area contributed by atoms with E-state index in [9.17, 15) is 0 Å². The van der Waals surface area contributed by atoms with Crippen LogP contribution in [0.25, 0.3) is 21.5 Å². The second kappa shape index (κ2) is 9.52. The van der Waals surface area contributed by atoms with E-state index >= 15 is 0 Å². The highest BCUT2D eigenvalue weighted by Crippen LogP contribution is 2.33. The van der Waals surface area contributed by atoms with Crippen molar-refractivity contribution in [1.82, 2.24) is 19.9 Å². The average Bonchev–Trinajstić information content (AvgIpc) is 3.08. The highest BCUT2D eigenvalue weighted by molar-refractivity contribution is 7.21. The SMILES string of the molecule is CCc1nc(C)c(CCOC)c(N2CCOc3ccc(-c4cnc5sc(N)nc5c4)cc3C2)n1. The Hall–Kier alpha value is -3.30. The average molecular weight is 477 g/mol. The van der Waals surface area contributed by atoms with E-state index in [2.05, 4.69) is 40.8 Å². The number of nitrogen functional groups attached to an aromatic ring is 1. The first-order valence-electron chi connectivity index (χ1n) is 11.4. The highest BCUT2D eigenvalue weighted by Gasteiger charge is 2.22. The van der Waals surface area contributed by atoms with Crippen molar-refractivity contribution in [3.05, 3.63) is 53.1 Å². The van der Waals surface area contributed by atoms with E-state index in [4.69, 9.17) is 25.2 Å². The Morgan fingerprint density at radius 3 is 2.88 bits per heavy atom. The molecular formula is C25H28N6O2S. The lowest BCUT2D eigenvalue weighted by molar-refractivity contribution is 0.202. The van der Waals surface area contributed by atoms with E-state index in [1.165, 1.54) is 11.3 Å². The van der Waals surface area contributed by atoms with Crippen molar-refractivity contribution in [3.8, 4) is 16.9 Å². The van der Waals surface area contributed by atoms with Crippen LogP contribution in [0.5, 0.6) is 5.75 Å². The van der Waals surface area contributed by atoms with Crippen molar-refractivity contribution in [2.75, 3.05) is 37.5 Å². The van der Waals surface area contributed by atoms with Crippen molar-refractivity contribution < 1.29 is 9.47 Å². The number of aromatic nitrogens is 4. The van der Waals surface area contributed by atoms with E-state index in [1.807, 2.05) is 18.3 Å². The van der Waals surface area contributed by atoms with E-state index in [0.29, 0.717) is 24.9 Å². The third kappa shape index (κ3) is 4.41. The lowest BCUT2D eigenvalue weighted by Crippen LogP contribution is -2.28. The molecule has 0 amide bonds. The van der Waals surface area contributed by atoms with Gasteiger partial charge in [0.2, 0.25) is 0 Å². The zero-order valence-electron chi connectivity index (χ0n) is 19.7.